The fourth-order valence-electron chi connectivity index (χ4n) is 6.18. The van der Waals surface area contributed by atoms with Crippen molar-refractivity contribution in [2.24, 2.45) is 0 Å². The molecule has 9 nitrogen and oxygen atoms in total. The van der Waals surface area contributed by atoms with Gasteiger partial charge in [0.15, 0.2) is 0 Å². The number of methoxy groups -OCH3 is 2. The third-order valence-corrected chi connectivity index (χ3v) is 11.4. The van der Waals surface area contributed by atoms with Crippen LogP contribution in [0.1, 0.15) is 43.2 Å². The molecule has 1 aliphatic carbocycles. The number of amides is 2. The Kier molecular flexibility index (Phi) is 12.7. The molecule has 0 heterocycles. The smallest absolute Gasteiger partial charge is 0.264 e. The predicted octanol–water partition coefficient (Wildman–Crippen LogP) is 7.29. The fraction of sp³-hybridized carbons (Fsp3) is 0.316. The molecule has 5 rings (SSSR count). The maximum Gasteiger partial charge on any atom is 0.264 e. The first-order chi connectivity index (χ1) is 24.1. The van der Waals surface area contributed by atoms with Gasteiger partial charge in [0.2, 0.25) is 11.8 Å². The lowest BCUT2D eigenvalue weighted by atomic mass is 9.94. The third kappa shape index (κ3) is 8.91. The zero-order chi connectivity index (χ0) is 35.7. The van der Waals surface area contributed by atoms with E-state index in [-0.39, 0.29) is 41.2 Å². The van der Waals surface area contributed by atoms with Crippen LogP contribution in [0.15, 0.2) is 102 Å². The largest absolute Gasteiger partial charge is 0.497 e. The molecule has 0 bridgehead atoms. The Bertz CT molecular complexity index is 1850. The van der Waals surface area contributed by atoms with Crippen molar-refractivity contribution in [3.05, 3.63) is 118 Å². The van der Waals surface area contributed by atoms with E-state index < -0.39 is 28.5 Å². The molecule has 50 heavy (non-hydrogen) atoms. The van der Waals surface area contributed by atoms with Gasteiger partial charge in [0.05, 0.1) is 24.8 Å². The predicted molar refractivity (Wildman–Crippen MR) is 196 cm³/mol. The fourth-order valence-corrected chi connectivity index (χ4v) is 8.12. The number of anilines is 1. The summed E-state index contributed by atoms with van der Waals surface area (Å²) in [6.45, 7) is -0.798. The molecule has 4 aromatic carbocycles. The molecule has 2 amide bonds. The van der Waals surface area contributed by atoms with Crippen molar-refractivity contribution in [3.63, 3.8) is 0 Å². The van der Waals surface area contributed by atoms with E-state index in [1.54, 1.807) is 42.5 Å². The normalized spacial score (nSPS) is 14.0. The molecule has 0 aliphatic heterocycles. The van der Waals surface area contributed by atoms with Crippen LogP contribution in [0.4, 0.5) is 5.69 Å². The van der Waals surface area contributed by atoms with Crippen molar-refractivity contribution in [1.82, 2.24) is 10.2 Å². The second kappa shape index (κ2) is 17.1. The van der Waals surface area contributed by atoms with Crippen molar-refractivity contribution in [1.29, 1.82) is 0 Å². The van der Waals surface area contributed by atoms with Crippen LogP contribution in [-0.4, -0.2) is 58.0 Å². The number of hydrogen-bond donors (Lipinski definition) is 1. The summed E-state index contributed by atoms with van der Waals surface area (Å²) < 4.78 is 40.7. The lowest BCUT2D eigenvalue weighted by molar-refractivity contribution is -0.140. The van der Waals surface area contributed by atoms with Gasteiger partial charge in [0.25, 0.3) is 10.0 Å². The van der Waals surface area contributed by atoms with Crippen LogP contribution in [0.2, 0.25) is 10.0 Å². The van der Waals surface area contributed by atoms with Gasteiger partial charge in [-0.3, -0.25) is 13.9 Å². The Morgan fingerprint density at radius 3 is 2.10 bits per heavy atom. The van der Waals surface area contributed by atoms with E-state index in [1.165, 1.54) is 43.4 Å². The molecule has 0 aromatic heterocycles. The number of para-hydroxylation sites is 2. The molecule has 0 saturated heterocycles. The third-order valence-electron chi connectivity index (χ3n) is 8.89. The number of halogens is 2. The Labute approximate surface area is 304 Å². The average molecular weight is 739 g/mol. The van der Waals surface area contributed by atoms with E-state index in [1.807, 2.05) is 30.3 Å². The van der Waals surface area contributed by atoms with Crippen LogP contribution >= 0.6 is 23.2 Å². The molecule has 0 radical (unpaired) electrons. The number of sulfonamides is 1. The van der Waals surface area contributed by atoms with Gasteiger partial charge in [-0.25, -0.2) is 8.42 Å². The molecule has 1 atom stereocenters. The molecule has 4 aromatic rings. The molecule has 12 heteroatoms. The molecule has 1 N–H and O–H groups in total. The molecular formula is C38H41Cl2N3O6S. The standard InChI is InChI=1S/C38H41Cl2N3O6S/c1-48-29-20-22-30(23-21-29)50(46,47)43(34-18-9-10-19-36(34)49-2)26-37(44)42(25-31-32(39)16-11-17-33(31)40)35(24-27-12-5-3-6-13-27)38(45)41-28-14-7-4-8-15-28/h3,5-6,9-13,16-23,28,35H,4,7-8,14-15,24-26H2,1-2H3,(H,41,45)/t35-/m1/s1. The first kappa shape index (κ1) is 37.0. The van der Waals surface area contributed by atoms with Gasteiger partial charge in [-0.1, -0.05) is 91.0 Å². The van der Waals surface area contributed by atoms with Crippen molar-refractivity contribution in [2.45, 2.75) is 62.0 Å². The van der Waals surface area contributed by atoms with E-state index in [9.17, 15) is 18.0 Å². The number of rotatable bonds is 14. The summed E-state index contributed by atoms with van der Waals surface area (Å²) in [6, 6.07) is 25.8. The zero-order valence-corrected chi connectivity index (χ0v) is 30.4. The molecule has 0 unspecified atom stereocenters. The summed E-state index contributed by atoms with van der Waals surface area (Å²) in [4.78, 5) is 30.5. The minimum atomic E-state index is -4.36. The van der Waals surface area contributed by atoms with Crippen molar-refractivity contribution in [2.75, 3.05) is 25.1 Å². The number of nitrogens with one attached hydrogen (secondary N) is 1. The van der Waals surface area contributed by atoms with E-state index in [0.29, 0.717) is 21.4 Å². The Hall–Kier alpha value is -4.25. The molecule has 0 spiro atoms. The molecule has 264 valence electrons. The van der Waals surface area contributed by atoms with E-state index >= 15 is 0 Å². The van der Waals surface area contributed by atoms with Gasteiger partial charge >= 0.3 is 0 Å². The van der Waals surface area contributed by atoms with Gasteiger partial charge in [-0.2, -0.15) is 0 Å². The molecule has 1 saturated carbocycles. The highest BCUT2D eigenvalue weighted by Crippen LogP contribution is 2.34. The minimum Gasteiger partial charge on any atom is -0.497 e. The Morgan fingerprint density at radius 1 is 0.820 bits per heavy atom. The van der Waals surface area contributed by atoms with Crippen LogP contribution < -0.4 is 19.1 Å². The lowest BCUT2D eigenvalue weighted by Gasteiger charge is -2.35. The SMILES string of the molecule is COc1ccc(S(=O)(=O)N(CC(=O)N(Cc2c(Cl)cccc2Cl)[C@H](Cc2ccccc2)C(=O)NC2CCCCC2)c2ccccc2OC)cc1. The number of nitrogens with zero attached hydrogens (tertiary/aromatic N) is 2. The molecular weight excluding hydrogens is 697 g/mol. The van der Waals surface area contributed by atoms with E-state index in [2.05, 4.69) is 5.32 Å². The summed E-state index contributed by atoms with van der Waals surface area (Å²) >= 11 is 13.3. The number of hydrogen-bond acceptors (Lipinski definition) is 6. The lowest BCUT2D eigenvalue weighted by Crippen LogP contribution is -2.55. The zero-order valence-electron chi connectivity index (χ0n) is 28.1. The van der Waals surface area contributed by atoms with Crippen LogP contribution in [0.3, 0.4) is 0 Å². The van der Waals surface area contributed by atoms with Gasteiger partial charge in [-0.05, 0) is 66.9 Å². The van der Waals surface area contributed by atoms with Gasteiger partial charge < -0.3 is 19.7 Å². The maximum atomic E-state index is 14.9. The van der Waals surface area contributed by atoms with E-state index in [0.717, 1.165) is 42.0 Å². The van der Waals surface area contributed by atoms with Gasteiger partial charge in [0, 0.05) is 34.6 Å². The Balaban J connectivity index is 1.61. The highest BCUT2D eigenvalue weighted by molar-refractivity contribution is 7.92. The van der Waals surface area contributed by atoms with Crippen molar-refractivity contribution < 1.29 is 27.5 Å². The minimum absolute atomic E-state index is 0.0316. The Morgan fingerprint density at radius 2 is 1.46 bits per heavy atom. The summed E-state index contributed by atoms with van der Waals surface area (Å²) in [5, 5.41) is 3.82. The van der Waals surface area contributed by atoms with Crippen molar-refractivity contribution >= 4 is 50.7 Å². The highest BCUT2D eigenvalue weighted by atomic mass is 35.5. The van der Waals surface area contributed by atoms with Gasteiger partial charge in [0.1, 0.15) is 24.1 Å². The van der Waals surface area contributed by atoms with Crippen LogP contribution in [-0.2, 0) is 32.6 Å². The first-order valence-electron chi connectivity index (χ1n) is 16.5. The summed E-state index contributed by atoms with van der Waals surface area (Å²) in [6.07, 6.45) is 4.97. The van der Waals surface area contributed by atoms with Crippen molar-refractivity contribution in [3.8, 4) is 11.5 Å². The quantitative estimate of drug-likeness (QED) is 0.146. The second-order valence-electron chi connectivity index (χ2n) is 12.1. The van der Waals surface area contributed by atoms with Crippen LogP contribution in [0.25, 0.3) is 0 Å². The maximum absolute atomic E-state index is 14.9. The average Bonchev–Trinajstić information content (AvgIpc) is 3.13. The highest BCUT2D eigenvalue weighted by Gasteiger charge is 2.36. The first-order valence-corrected chi connectivity index (χ1v) is 18.7. The number of ether oxygens (including phenoxy) is 2. The summed E-state index contributed by atoms with van der Waals surface area (Å²) in [7, 11) is -1.45. The number of carbonyl (C=O) groups excluding carboxylic acids is 2. The monoisotopic (exact) mass is 737 g/mol. The molecule has 1 fully saturated rings. The van der Waals surface area contributed by atoms with E-state index in [4.69, 9.17) is 32.7 Å². The number of carbonyl (C=O) groups is 2. The topological polar surface area (TPSA) is 105 Å². The summed E-state index contributed by atoms with van der Waals surface area (Å²) in [5.74, 6) is -0.254. The van der Waals surface area contributed by atoms with Crippen LogP contribution in [0.5, 0.6) is 11.5 Å². The van der Waals surface area contributed by atoms with Gasteiger partial charge in [-0.15, -0.1) is 0 Å². The second-order valence-corrected chi connectivity index (χ2v) is 14.8. The summed E-state index contributed by atoms with van der Waals surface area (Å²) in [5.41, 5.74) is 1.42. The number of benzene rings is 4. The van der Waals surface area contributed by atoms with Crippen LogP contribution in [0, 0.1) is 0 Å². The molecule has 1 aliphatic rings.